The van der Waals surface area contributed by atoms with Crippen LogP contribution >= 0.6 is 11.8 Å². The van der Waals surface area contributed by atoms with Crippen molar-refractivity contribution in [2.24, 2.45) is 11.7 Å². The molecule has 2 aromatic carbocycles. The zero-order chi connectivity index (χ0) is 18.2. The lowest BCUT2D eigenvalue weighted by Crippen LogP contribution is -2.05. The predicted molar refractivity (Wildman–Crippen MR) is 105 cm³/mol. The van der Waals surface area contributed by atoms with E-state index in [4.69, 9.17) is 10.5 Å². The smallest absolute Gasteiger partial charge is 0.120 e. The van der Waals surface area contributed by atoms with Gasteiger partial charge in [-0.25, -0.2) is 0 Å². The first-order chi connectivity index (χ1) is 12.0. The van der Waals surface area contributed by atoms with E-state index in [1.165, 1.54) is 0 Å². The molecule has 0 bridgehead atoms. The van der Waals surface area contributed by atoms with E-state index in [1.807, 2.05) is 25.1 Å². The number of nitrogens with two attached hydrogens (primary N) is 1. The molecule has 0 fully saturated rings. The second-order valence-electron chi connectivity index (χ2n) is 6.31. The Bertz CT molecular complexity index is 775. The summed E-state index contributed by atoms with van der Waals surface area (Å²) < 4.78 is 5.87. The van der Waals surface area contributed by atoms with Crippen LogP contribution in [0.3, 0.4) is 0 Å². The van der Waals surface area contributed by atoms with E-state index in [2.05, 4.69) is 37.8 Å². The van der Waals surface area contributed by atoms with Crippen molar-refractivity contribution in [3.8, 4) is 23.3 Å². The zero-order valence-electron chi connectivity index (χ0n) is 15.0. The highest BCUT2D eigenvalue weighted by Gasteiger charge is 2.05. The van der Waals surface area contributed by atoms with Gasteiger partial charge in [0.1, 0.15) is 11.5 Å². The molecule has 0 spiro atoms. The average molecular weight is 356 g/mol. The van der Waals surface area contributed by atoms with Crippen molar-refractivity contribution in [2.75, 3.05) is 13.2 Å². The lowest BCUT2D eigenvalue weighted by molar-refractivity contribution is 0.271. The predicted octanol–water partition coefficient (Wildman–Crippen LogP) is 4.34. The molecule has 0 heterocycles. The van der Waals surface area contributed by atoms with Crippen LogP contribution in [0.5, 0.6) is 11.5 Å². The van der Waals surface area contributed by atoms with E-state index in [1.54, 1.807) is 17.8 Å². The van der Waals surface area contributed by atoms with Gasteiger partial charge in [-0.05, 0) is 60.4 Å². The molecular formula is C21H25NO2S. The summed E-state index contributed by atoms with van der Waals surface area (Å²) in [4.78, 5) is 1.12. The molecule has 0 radical (unpaired) electrons. The third kappa shape index (κ3) is 6.38. The molecule has 0 unspecified atom stereocenters. The third-order valence-electron chi connectivity index (χ3n) is 3.46. The quantitative estimate of drug-likeness (QED) is 0.598. The Labute approximate surface area is 154 Å². The van der Waals surface area contributed by atoms with Crippen molar-refractivity contribution < 1.29 is 9.84 Å². The van der Waals surface area contributed by atoms with Gasteiger partial charge in [-0.15, -0.1) is 11.8 Å². The molecule has 0 atom stereocenters. The zero-order valence-corrected chi connectivity index (χ0v) is 15.8. The van der Waals surface area contributed by atoms with Crippen LogP contribution in [0.25, 0.3) is 0 Å². The molecule has 25 heavy (non-hydrogen) atoms. The van der Waals surface area contributed by atoms with Crippen molar-refractivity contribution >= 4 is 11.8 Å². The largest absolute Gasteiger partial charge is 0.508 e. The number of hydrogen-bond donors (Lipinski definition) is 2. The molecule has 2 aromatic rings. The molecule has 0 aromatic heterocycles. The van der Waals surface area contributed by atoms with Crippen molar-refractivity contribution in [3.05, 3.63) is 53.1 Å². The van der Waals surface area contributed by atoms with E-state index in [-0.39, 0.29) is 0 Å². The third-order valence-corrected chi connectivity index (χ3v) is 4.52. The Morgan fingerprint density at radius 1 is 1.20 bits per heavy atom. The molecule has 2 rings (SSSR count). The summed E-state index contributed by atoms with van der Waals surface area (Å²) in [7, 11) is 0. The lowest BCUT2D eigenvalue weighted by atomic mass is 10.1. The van der Waals surface area contributed by atoms with Crippen LogP contribution < -0.4 is 10.5 Å². The fourth-order valence-electron chi connectivity index (χ4n) is 2.20. The average Bonchev–Trinajstić information content (AvgIpc) is 2.59. The molecule has 4 heteroatoms. The first-order valence-corrected chi connectivity index (χ1v) is 9.34. The van der Waals surface area contributed by atoms with Crippen molar-refractivity contribution in [1.82, 2.24) is 0 Å². The second-order valence-corrected chi connectivity index (χ2v) is 7.36. The van der Waals surface area contributed by atoms with Crippen LogP contribution in [0.2, 0.25) is 0 Å². The molecule has 0 amide bonds. The van der Waals surface area contributed by atoms with Gasteiger partial charge in [-0.1, -0.05) is 25.7 Å². The van der Waals surface area contributed by atoms with Crippen LogP contribution in [0.4, 0.5) is 0 Å². The number of phenols is 1. The summed E-state index contributed by atoms with van der Waals surface area (Å²) >= 11 is 1.72. The molecule has 0 aliphatic rings. The maximum Gasteiger partial charge on any atom is 0.120 e. The Morgan fingerprint density at radius 2 is 2.00 bits per heavy atom. The van der Waals surface area contributed by atoms with E-state index in [0.717, 1.165) is 33.1 Å². The highest BCUT2D eigenvalue weighted by atomic mass is 32.2. The van der Waals surface area contributed by atoms with Gasteiger partial charge in [0.2, 0.25) is 0 Å². The maximum absolute atomic E-state index is 9.64. The summed E-state index contributed by atoms with van der Waals surface area (Å²) in [6.07, 6.45) is 0. The van der Waals surface area contributed by atoms with Gasteiger partial charge in [0.15, 0.2) is 0 Å². The number of benzene rings is 2. The van der Waals surface area contributed by atoms with Crippen LogP contribution in [-0.4, -0.2) is 18.3 Å². The van der Waals surface area contributed by atoms with Gasteiger partial charge in [-0.3, -0.25) is 0 Å². The van der Waals surface area contributed by atoms with Crippen LogP contribution in [-0.2, 0) is 5.75 Å². The molecular weight excluding hydrogens is 330 g/mol. The molecule has 132 valence electrons. The molecule has 0 aliphatic heterocycles. The van der Waals surface area contributed by atoms with Crippen LogP contribution in [0.15, 0.2) is 41.3 Å². The van der Waals surface area contributed by atoms with Crippen molar-refractivity contribution in [1.29, 1.82) is 0 Å². The highest BCUT2D eigenvalue weighted by molar-refractivity contribution is 7.98. The molecule has 3 N–H and O–H groups in total. The van der Waals surface area contributed by atoms with Crippen molar-refractivity contribution in [3.63, 3.8) is 0 Å². The topological polar surface area (TPSA) is 55.5 Å². The van der Waals surface area contributed by atoms with E-state index >= 15 is 0 Å². The van der Waals surface area contributed by atoms with E-state index < -0.39 is 0 Å². The maximum atomic E-state index is 9.64. The SMILES string of the molecule is Cc1cc(SCc2cc(C#CCN)cc(OCC(C)C)c2)ccc1O. The number of hydrogen-bond acceptors (Lipinski definition) is 4. The Balaban J connectivity index is 2.16. The molecule has 0 aliphatic carbocycles. The number of aryl methyl sites for hydroxylation is 1. The monoisotopic (exact) mass is 355 g/mol. The Kier molecular flexibility index (Phi) is 7.24. The lowest BCUT2D eigenvalue weighted by Gasteiger charge is -2.11. The van der Waals surface area contributed by atoms with Crippen LogP contribution in [0.1, 0.15) is 30.5 Å². The van der Waals surface area contributed by atoms with Crippen molar-refractivity contribution in [2.45, 2.75) is 31.4 Å². The van der Waals surface area contributed by atoms with E-state index in [0.29, 0.717) is 24.8 Å². The summed E-state index contributed by atoms with van der Waals surface area (Å²) in [5.41, 5.74) is 8.44. The van der Waals surface area contributed by atoms with Gasteiger partial charge >= 0.3 is 0 Å². The first-order valence-electron chi connectivity index (χ1n) is 8.36. The minimum absolute atomic E-state index is 0.327. The van der Waals surface area contributed by atoms with Crippen LogP contribution in [0, 0.1) is 24.7 Å². The fourth-order valence-corrected chi connectivity index (χ4v) is 3.12. The first kappa shape index (κ1) is 19.2. The number of ether oxygens (including phenoxy) is 1. The van der Waals surface area contributed by atoms with Gasteiger partial charge in [-0.2, -0.15) is 0 Å². The summed E-state index contributed by atoms with van der Waals surface area (Å²) in [6.45, 7) is 7.18. The Morgan fingerprint density at radius 3 is 2.68 bits per heavy atom. The molecule has 0 saturated heterocycles. The molecule has 3 nitrogen and oxygen atoms in total. The minimum Gasteiger partial charge on any atom is -0.508 e. The van der Waals surface area contributed by atoms with Gasteiger partial charge in [0.05, 0.1) is 13.2 Å². The standard InChI is InChI=1S/C21H25NO2S/c1-15(2)13-24-19-11-17(5-4-8-22)10-18(12-19)14-25-20-6-7-21(23)16(3)9-20/h6-7,9-12,15,23H,8,13-14,22H2,1-3H3. The second kappa shape index (κ2) is 9.41. The highest BCUT2D eigenvalue weighted by Crippen LogP contribution is 2.29. The summed E-state index contributed by atoms with van der Waals surface area (Å²) in [6, 6.07) is 11.8. The van der Waals surface area contributed by atoms with Gasteiger partial charge < -0.3 is 15.6 Å². The van der Waals surface area contributed by atoms with Gasteiger partial charge in [0, 0.05) is 16.2 Å². The number of aromatic hydroxyl groups is 1. The molecule has 0 saturated carbocycles. The summed E-state index contributed by atoms with van der Waals surface area (Å²) in [5.74, 6) is 8.43. The Hall–Kier alpha value is -2.09. The fraction of sp³-hybridized carbons (Fsp3) is 0.333. The number of thioether (sulfide) groups is 1. The van der Waals surface area contributed by atoms with E-state index in [9.17, 15) is 5.11 Å². The normalized spacial score (nSPS) is 10.4. The minimum atomic E-state index is 0.327. The number of rotatable bonds is 6. The number of phenolic OH excluding ortho intramolecular Hbond substituents is 1. The summed E-state index contributed by atoms with van der Waals surface area (Å²) in [5, 5.41) is 9.64. The van der Waals surface area contributed by atoms with Gasteiger partial charge in [0.25, 0.3) is 0 Å².